The van der Waals surface area contributed by atoms with Gasteiger partial charge in [-0.05, 0) is 61.9 Å². The monoisotopic (exact) mass is 407 g/mol. The molecule has 0 unspecified atom stereocenters. The number of fused-ring (bicyclic) bond motifs is 1. The van der Waals surface area contributed by atoms with Gasteiger partial charge in [0.25, 0.3) is 11.5 Å². The molecule has 158 valence electrons. The van der Waals surface area contributed by atoms with Crippen LogP contribution in [0.25, 0.3) is 5.69 Å². The Balaban J connectivity index is 1.74. The molecule has 3 heterocycles. The molecular weight excluding hydrogens is 378 g/mol. The molecule has 1 aromatic heterocycles. The predicted octanol–water partition coefficient (Wildman–Crippen LogP) is 3.10. The maximum Gasteiger partial charge on any atom is 0.268 e. The van der Waals surface area contributed by atoms with Crippen LogP contribution in [-0.2, 0) is 4.79 Å². The van der Waals surface area contributed by atoms with Gasteiger partial charge in [-0.25, -0.2) is 0 Å². The highest BCUT2D eigenvalue weighted by molar-refractivity contribution is 5.99. The first kappa shape index (κ1) is 20.4. The molecule has 0 spiro atoms. The number of aryl methyl sites for hydroxylation is 1. The van der Waals surface area contributed by atoms with Crippen molar-refractivity contribution in [2.24, 2.45) is 0 Å². The fraction of sp³-hybridized carbons (Fsp3) is 0.458. The van der Waals surface area contributed by atoms with Crippen molar-refractivity contribution in [2.75, 3.05) is 13.1 Å². The molecule has 0 bridgehead atoms. The van der Waals surface area contributed by atoms with Gasteiger partial charge in [-0.3, -0.25) is 19.0 Å². The Hall–Kier alpha value is -2.89. The number of amides is 2. The molecule has 0 N–H and O–H groups in total. The average molecular weight is 408 g/mol. The largest absolute Gasteiger partial charge is 0.336 e. The number of hydrogen-bond acceptors (Lipinski definition) is 3. The first-order valence-corrected chi connectivity index (χ1v) is 10.7. The summed E-state index contributed by atoms with van der Waals surface area (Å²) in [5.41, 5.74) is 2.32. The van der Waals surface area contributed by atoms with E-state index >= 15 is 0 Å². The van der Waals surface area contributed by atoms with Crippen LogP contribution in [0.2, 0.25) is 0 Å². The molecule has 4 rings (SSSR count). The molecule has 2 aliphatic rings. The highest BCUT2D eigenvalue weighted by Crippen LogP contribution is 2.27. The average Bonchev–Trinajstić information content (AvgIpc) is 3.19. The Morgan fingerprint density at radius 1 is 1.17 bits per heavy atom. The third-order valence-corrected chi connectivity index (χ3v) is 6.48. The Labute approximate surface area is 177 Å². The molecule has 6 heteroatoms. The normalized spacial score (nSPS) is 21.3. The van der Waals surface area contributed by atoms with E-state index in [1.807, 2.05) is 29.2 Å². The Morgan fingerprint density at radius 2 is 1.93 bits per heavy atom. The summed E-state index contributed by atoms with van der Waals surface area (Å²) in [5.74, 6) is -0.0309. The molecule has 2 saturated heterocycles. The predicted molar refractivity (Wildman–Crippen MR) is 116 cm³/mol. The second-order valence-electron chi connectivity index (χ2n) is 8.76. The molecule has 2 aromatic rings. The molecule has 2 amide bonds. The molecule has 2 aliphatic heterocycles. The Kier molecular flexibility index (Phi) is 5.26. The fourth-order valence-electron chi connectivity index (χ4n) is 4.60. The summed E-state index contributed by atoms with van der Waals surface area (Å²) in [6, 6.07) is 9.14. The molecule has 1 aromatic carbocycles. The third kappa shape index (κ3) is 3.34. The van der Waals surface area contributed by atoms with Crippen LogP contribution in [0.4, 0.5) is 0 Å². The summed E-state index contributed by atoms with van der Waals surface area (Å²) in [6.45, 7) is 9.00. The SMILES string of the molecule is Cc1ccn(-c2cccc(C(C)C)c2)c(=O)c1C(=O)N1C[C@@H]2CCCN2C(=O)[C@@H]1C. The Morgan fingerprint density at radius 3 is 2.67 bits per heavy atom. The number of aromatic nitrogens is 1. The first-order valence-electron chi connectivity index (χ1n) is 10.7. The third-order valence-electron chi connectivity index (χ3n) is 6.48. The lowest BCUT2D eigenvalue weighted by atomic mass is 10.0. The number of carbonyl (C=O) groups excluding carboxylic acids is 2. The topological polar surface area (TPSA) is 62.6 Å². The molecule has 30 heavy (non-hydrogen) atoms. The van der Waals surface area contributed by atoms with E-state index in [2.05, 4.69) is 13.8 Å². The minimum atomic E-state index is -0.552. The molecular formula is C24H29N3O3. The lowest BCUT2D eigenvalue weighted by Gasteiger charge is -2.41. The van der Waals surface area contributed by atoms with Crippen molar-refractivity contribution in [3.8, 4) is 5.69 Å². The number of benzene rings is 1. The summed E-state index contributed by atoms with van der Waals surface area (Å²) in [7, 11) is 0. The van der Waals surface area contributed by atoms with Crippen molar-refractivity contribution >= 4 is 11.8 Å². The molecule has 2 atom stereocenters. The standard InChI is InChI=1S/C24H29N3O3/c1-15(2)18-7-5-8-19(13-18)26-12-10-16(3)21(23(26)29)24(30)27-14-20-9-6-11-25(20)22(28)17(27)4/h5,7-8,10,12-13,15,17,20H,6,9,11,14H2,1-4H3/t17-,20-/m0/s1. The van der Waals surface area contributed by atoms with Gasteiger partial charge in [-0.2, -0.15) is 0 Å². The smallest absolute Gasteiger partial charge is 0.268 e. The summed E-state index contributed by atoms with van der Waals surface area (Å²) in [6.07, 6.45) is 3.59. The van der Waals surface area contributed by atoms with E-state index in [1.54, 1.807) is 31.0 Å². The number of carbonyl (C=O) groups is 2. The van der Waals surface area contributed by atoms with Crippen molar-refractivity contribution in [2.45, 2.75) is 58.5 Å². The Bertz CT molecular complexity index is 1060. The van der Waals surface area contributed by atoms with Gasteiger partial charge >= 0.3 is 0 Å². The quantitative estimate of drug-likeness (QED) is 0.785. The molecule has 2 fully saturated rings. The van der Waals surface area contributed by atoms with E-state index in [1.165, 1.54) is 4.57 Å². The van der Waals surface area contributed by atoms with Crippen LogP contribution < -0.4 is 5.56 Å². The van der Waals surface area contributed by atoms with Crippen molar-refractivity contribution in [1.29, 1.82) is 0 Å². The van der Waals surface area contributed by atoms with Crippen LogP contribution >= 0.6 is 0 Å². The van der Waals surface area contributed by atoms with Crippen LogP contribution in [0, 0.1) is 6.92 Å². The zero-order valence-corrected chi connectivity index (χ0v) is 18.1. The van der Waals surface area contributed by atoms with E-state index in [0.717, 1.165) is 30.6 Å². The number of piperazine rings is 1. The number of rotatable bonds is 3. The van der Waals surface area contributed by atoms with Gasteiger partial charge in [0.1, 0.15) is 11.6 Å². The fourth-order valence-corrected chi connectivity index (χ4v) is 4.60. The lowest BCUT2D eigenvalue weighted by molar-refractivity contribution is -0.141. The second kappa shape index (κ2) is 7.74. The minimum absolute atomic E-state index is 0.0179. The summed E-state index contributed by atoms with van der Waals surface area (Å²) in [4.78, 5) is 43.1. The van der Waals surface area contributed by atoms with Crippen LogP contribution in [-0.4, -0.2) is 51.4 Å². The molecule has 0 radical (unpaired) electrons. The van der Waals surface area contributed by atoms with E-state index in [0.29, 0.717) is 18.0 Å². The maximum atomic E-state index is 13.5. The van der Waals surface area contributed by atoms with Gasteiger partial charge in [0.05, 0.1) is 0 Å². The lowest BCUT2D eigenvalue weighted by Crippen LogP contribution is -2.60. The van der Waals surface area contributed by atoms with Crippen LogP contribution in [0.5, 0.6) is 0 Å². The summed E-state index contributed by atoms with van der Waals surface area (Å²) < 4.78 is 1.53. The molecule has 6 nitrogen and oxygen atoms in total. The highest BCUT2D eigenvalue weighted by atomic mass is 16.2. The summed E-state index contributed by atoms with van der Waals surface area (Å²) in [5, 5.41) is 0. The van der Waals surface area contributed by atoms with Gasteiger partial charge in [0, 0.05) is 31.0 Å². The van der Waals surface area contributed by atoms with Gasteiger partial charge in [0.2, 0.25) is 5.91 Å². The van der Waals surface area contributed by atoms with Crippen molar-refractivity contribution < 1.29 is 9.59 Å². The van der Waals surface area contributed by atoms with E-state index in [4.69, 9.17) is 0 Å². The summed E-state index contributed by atoms with van der Waals surface area (Å²) >= 11 is 0. The van der Waals surface area contributed by atoms with Gasteiger partial charge < -0.3 is 9.80 Å². The molecule has 0 saturated carbocycles. The number of pyridine rings is 1. The molecule has 0 aliphatic carbocycles. The second-order valence-corrected chi connectivity index (χ2v) is 8.76. The van der Waals surface area contributed by atoms with E-state index in [9.17, 15) is 14.4 Å². The van der Waals surface area contributed by atoms with Crippen molar-refractivity contribution in [1.82, 2.24) is 14.4 Å². The van der Waals surface area contributed by atoms with Gasteiger partial charge in [0.15, 0.2) is 0 Å². The highest BCUT2D eigenvalue weighted by Gasteiger charge is 2.43. The van der Waals surface area contributed by atoms with Crippen molar-refractivity contribution in [3.63, 3.8) is 0 Å². The number of hydrogen-bond donors (Lipinski definition) is 0. The van der Waals surface area contributed by atoms with Gasteiger partial charge in [-0.15, -0.1) is 0 Å². The van der Waals surface area contributed by atoms with E-state index < -0.39 is 6.04 Å². The van der Waals surface area contributed by atoms with Crippen molar-refractivity contribution in [3.05, 3.63) is 63.6 Å². The van der Waals surface area contributed by atoms with Gasteiger partial charge in [-0.1, -0.05) is 26.0 Å². The zero-order valence-electron chi connectivity index (χ0n) is 18.1. The van der Waals surface area contributed by atoms with Crippen LogP contribution in [0.15, 0.2) is 41.3 Å². The zero-order chi connectivity index (χ0) is 21.6. The van der Waals surface area contributed by atoms with Crippen LogP contribution in [0.1, 0.15) is 61.0 Å². The van der Waals surface area contributed by atoms with E-state index in [-0.39, 0.29) is 29.0 Å². The number of nitrogens with zero attached hydrogens (tertiary/aromatic N) is 3. The first-order chi connectivity index (χ1) is 14.3. The maximum absolute atomic E-state index is 13.5. The minimum Gasteiger partial charge on any atom is -0.336 e. The van der Waals surface area contributed by atoms with Crippen LogP contribution in [0.3, 0.4) is 0 Å².